The smallest absolute Gasteiger partial charge is 0.312 e. The minimum absolute atomic E-state index is 0.105. The van der Waals surface area contributed by atoms with Crippen molar-refractivity contribution in [3.05, 3.63) is 82.6 Å². The maximum Gasteiger partial charge on any atom is 0.312 e. The average molecular weight is 458 g/mol. The number of rotatable bonds is 5. The molecule has 1 unspecified atom stereocenters. The van der Waals surface area contributed by atoms with E-state index in [4.69, 9.17) is 23.7 Å². The van der Waals surface area contributed by atoms with Gasteiger partial charge in [0.15, 0.2) is 17.3 Å². The van der Waals surface area contributed by atoms with Gasteiger partial charge in [0.25, 0.3) is 0 Å². The third kappa shape index (κ3) is 3.65. The van der Waals surface area contributed by atoms with Gasteiger partial charge in [0.1, 0.15) is 17.2 Å². The highest BCUT2D eigenvalue weighted by atomic mass is 16.5. The van der Waals surface area contributed by atoms with Crippen LogP contribution in [0.2, 0.25) is 0 Å². The van der Waals surface area contributed by atoms with Crippen molar-refractivity contribution >= 4 is 17.8 Å². The van der Waals surface area contributed by atoms with Crippen LogP contribution >= 0.6 is 0 Å². The molecule has 0 aromatic heterocycles. The van der Waals surface area contributed by atoms with Gasteiger partial charge in [0.05, 0.1) is 33.3 Å². The minimum Gasteiger partial charge on any atom is -0.497 e. The number of methoxy groups -OCH3 is 3. The maximum atomic E-state index is 13.1. The van der Waals surface area contributed by atoms with Crippen LogP contribution in [0.25, 0.3) is 6.08 Å². The van der Waals surface area contributed by atoms with Crippen LogP contribution in [0.3, 0.4) is 0 Å². The first-order chi connectivity index (χ1) is 16.5. The molecule has 0 amide bonds. The Hall–Kier alpha value is -4.26. The van der Waals surface area contributed by atoms with E-state index in [0.717, 1.165) is 16.9 Å². The van der Waals surface area contributed by atoms with E-state index in [9.17, 15) is 9.59 Å². The topological polar surface area (TPSA) is 80.3 Å². The molecule has 2 aliphatic heterocycles. The van der Waals surface area contributed by atoms with Gasteiger partial charge in [0.2, 0.25) is 5.78 Å². The van der Waals surface area contributed by atoms with Crippen LogP contribution in [0.4, 0.5) is 0 Å². The van der Waals surface area contributed by atoms with Crippen LogP contribution in [-0.2, 0) is 4.79 Å². The number of benzene rings is 3. The zero-order valence-electron chi connectivity index (χ0n) is 18.9. The minimum atomic E-state index is -0.376. The third-order valence-corrected chi connectivity index (χ3v) is 6.00. The van der Waals surface area contributed by atoms with Crippen molar-refractivity contribution in [2.45, 2.75) is 12.3 Å². The Balaban J connectivity index is 1.58. The summed E-state index contributed by atoms with van der Waals surface area (Å²) in [6.45, 7) is 0. The van der Waals surface area contributed by atoms with Gasteiger partial charge in [-0.1, -0.05) is 18.2 Å². The van der Waals surface area contributed by atoms with Crippen molar-refractivity contribution in [2.75, 3.05) is 21.3 Å². The molecule has 1 atom stereocenters. The lowest BCUT2D eigenvalue weighted by molar-refractivity contribution is -0.135. The number of esters is 1. The molecule has 2 heterocycles. The Bertz CT molecular complexity index is 1320. The SMILES string of the molecule is COc1ccc(C=C2Oc3c(ccc4c3C(c3ccc(OC)c(OC)c3)CC(=O)O4)C2=O)cc1. The number of Topliss-reactive ketones (excluding diaryl/α,β-unsaturated/α-hetero) is 1. The van der Waals surface area contributed by atoms with E-state index >= 15 is 0 Å². The van der Waals surface area contributed by atoms with E-state index in [-0.39, 0.29) is 29.9 Å². The van der Waals surface area contributed by atoms with Crippen molar-refractivity contribution in [2.24, 2.45) is 0 Å². The molecule has 0 bridgehead atoms. The second-order valence-electron chi connectivity index (χ2n) is 7.91. The first-order valence-corrected chi connectivity index (χ1v) is 10.7. The van der Waals surface area contributed by atoms with E-state index in [1.165, 1.54) is 0 Å². The molecule has 172 valence electrons. The number of hydrogen-bond donors (Lipinski definition) is 0. The summed E-state index contributed by atoms with van der Waals surface area (Å²) in [5.74, 6) is 1.89. The Labute approximate surface area is 196 Å². The Morgan fingerprint density at radius 1 is 0.853 bits per heavy atom. The predicted molar refractivity (Wildman–Crippen MR) is 124 cm³/mol. The lowest BCUT2D eigenvalue weighted by Gasteiger charge is -2.26. The molecule has 3 aromatic rings. The van der Waals surface area contributed by atoms with Crippen LogP contribution in [0, 0.1) is 0 Å². The molecule has 7 nitrogen and oxygen atoms in total. The maximum absolute atomic E-state index is 13.1. The highest BCUT2D eigenvalue weighted by Gasteiger charge is 2.38. The van der Waals surface area contributed by atoms with Crippen LogP contribution in [-0.4, -0.2) is 33.1 Å². The summed E-state index contributed by atoms with van der Waals surface area (Å²) in [6, 6.07) is 16.1. The van der Waals surface area contributed by atoms with E-state index < -0.39 is 0 Å². The van der Waals surface area contributed by atoms with Gasteiger partial charge in [-0.05, 0) is 53.6 Å². The molecule has 0 aliphatic carbocycles. The van der Waals surface area contributed by atoms with Crippen LogP contribution in [0.15, 0.2) is 60.4 Å². The largest absolute Gasteiger partial charge is 0.497 e. The number of hydrogen-bond acceptors (Lipinski definition) is 7. The van der Waals surface area contributed by atoms with E-state index in [1.54, 1.807) is 45.6 Å². The Morgan fingerprint density at radius 2 is 1.62 bits per heavy atom. The molecule has 0 fully saturated rings. The van der Waals surface area contributed by atoms with Crippen molar-refractivity contribution in [1.29, 1.82) is 0 Å². The lowest BCUT2D eigenvalue weighted by atomic mass is 9.84. The zero-order chi connectivity index (χ0) is 23.8. The summed E-state index contributed by atoms with van der Waals surface area (Å²) in [5, 5.41) is 0. The highest BCUT2D eigenvalue weighted by Crippen LogP contribution is 2.49. The summed E-state index contributed by atoms with van der Waals surface area (Å²) in [4.78, 5) is 25.5. The first kappa shape index (κ1) is 21.6. The quantitative estimate of drug-likeness (QED) is 0.310. The van der Waals surface area contributed by atoms with Gasteiger partial charge in [0, 0.05) is 11.5 Å². The molecule has 0 radical (unpaired) electrons. The van der Waals surface area contributed by atoms with Gasteiger partial charge in [-0.3, -0.25) is 9.59 Å². The standard InChI is InChI=1S/C27H22O7/c1-30-17-7-4-15(5-8-17)12-23-26(29)18-9-11-21-25(27(18)34-23)19(14-24(28)33-21)16-6-10-20(31-2)22(13-16)32-3/h4-13,19H,14H2,1-3H3. The average Bonchev–Trinajstić information content (AvgIpc) is 3.18. The second kappa shape index (κ2) is 8.59. The summed E-state index contributed by atoms with van der Waals surface area (Å²) >= 11 is 0. The molecular formula is C27H22O7. The molecule has 2 aliphatic rings. The van der Waals surface area contributed by atoms with E-state index in [1.807, 2.05) is 36.4 Å². The summed E-state index contributed by atoms with van der Waals surface area (Å²) < 4.78 is 27.6. The fraction of sp³-hybridized carbons (Fsp3) is 0.185. The summed E-state index contributed by atoms with van der Waals surface area (Å²) in [5.41, 5.74) is 2.72. The van der Waals surface area contributed by atoms with Crippen molar-refractivity contribution in [1.82, 2.24) is 0 Å². The molecule has 5 rings (SSSR count). The normalized spacial score (nSPS) is 17.5. The van der Waals surface area contributed by atoms with Gasteiger partial charge >= 0.3 is 5.97 Å². The van der Waals surface area contributed by atoms with Gasteiger partial charge < -0.3 is 23.7 Å². The Kier molecular flexibility index (Phi) is 5.45. The fourth-order valence-corrected chi connectivity index (χ4v) is 4.31. The van der Waals surface area contributed by atoms with E-state index in [0.29, 0.717) is 34.1 Å². The number of allylic oxidation sites excluding steroid dienone is 1. The lowest BCUT2D eigenvalue weighted by Crippen LogP contribution is -2.21. The van der Waals surface area contributed by atoms with Crippen LogP contribution < -0.4 is 23.7 Å². The molecule has 7 heteroatoms. The third-order valence-electron chi connectivity index (χ3n) is 6.00. The Morgan fingerprint density at radius 3 is 2.32 bits per heavy atom. The van der Waals surface area contributed by atoms with Crippen molar-refractivity contribution < 1.29 is 33.3 Å². The summed E-state index contributed by atoms with van der Waals surface area (Å²) in [7, 11) is 4.72. The number of ether oxygens (including phenoxy) is 5. The first-order valence-electron chi connectivity index (χ1n) is 10.7. The fourth-order valence-electron chi connectivity index (χ4n) is 4.31. The second-order valence-corrected chi connectivity index (χ2v) is 7.91. The number of ketones is 1. The number of fused-ring (bicyclic) bond motifs is 3. The summed E-state index contributed by atoms with van der Waals surface area (Å²) in [6.07, 6.45) is 1.79. The number of carbonyl (C=O) groups is 2. The molecular weight excluding hydrogens is 436 g/mol. The monoisotopic (exact) mass is 458 g/mol. The van der Waals surface area contributed by atoms with Crippen molar-refractivity contribution in [3.63, 3.8) is 0 Å². The zero-order valence-corrected chi connectivity index (χ0v) is 18.9. The molecule has 3 aromatic carbocycles. The molecule has 0 spiro atoms. The molecule has 0 N–H and O–H groups in total. The molecule has 0 saturated heterocycles. The van der Waals surface area contributed by atoms with Crippen molar-refractivity contribution in [3.8, 4) is 28.7 Å². The van der Waals surface area contributed by atoms with Gasteiger partial charge in [-0.15, -0.1) is 0 Å². The van der Waals surface area contributed by atoms with Crippen LogP contribution in [0.5, 0.6) is 28.7 Å². The van der Waals surface area contributed by atoms with Gasteiger partial charge in [-0.25, -0.2) is 0 Å². The van der Waals surface area contributed by atoms with Crippen LogP contribution in [0.1, 0.15) is 39.4 Å². The number of carbonyl (C=O) groups excluding carboxylic acids is 2. The molecule has 0 saturated carbocycles. The van der Waals surface area contributed by atoms with Gasteiger partial charge in [-0.2, -0.15) is 0 Å². The van der Waals surface area contributed by atoms with E-state index in [2.05, 4.69) is 0 Å². The highest BCUT2D eigenvalue weighted by molar-refractivity contribution is 6.15. The predicted octanol–water partition coefficient (Wildman–Crippen LogP) is 4.77. The molecule has 34 heavy (non-hydrogen) atoms.